The van der Waals surface area contributed by atoms with Crippen molar-refractivity contribution in [2.24, 2.45) is 4.99 Å². The zero-order valence-corrected chi connectivity index (χ0v) is 21.9. The summed E-state index contributed by atoms with van der Waals surface area (Å²) in [7, 11) is 1.67. The van der Waals surface area contributed by atoms with E-state index in [0.29, 0.717) is 46.0 Å². The first-order valence-electron chi connectivity index (χ1n) is 10.4. The minimum absolute atomic E-state index is 0.135. The molecule has 9 heteroatoms. The lowest BCUT2D eigenvalue weighted by molar-refractivity contribution is -0.121. The Morgan fingerprint density at radius 3 is 2.59 bits per heavy atom. The Morgan fingerprint density at radius 1 is 1.21 bits per heavy atom. The van der Waals surface area contributed by atoms with Crippen LogP contribution in [0.1, 0.15) is 29.8 Å². The first kappa shape index (κ1) is 25.6. The van der Waals surface area contributed by atoms with Crippen LogP contribution in [-0.4, -0.2) is 48.8 Å². The molecule has 0 spiro atoms. The third-order valence-electron chi connectivity index (χ3n) is 4.54. The van der Waals surface area contributed by atoms with Crippen LogP contribution in [-0.2, 0) is 9.53 Å². The van der Waals surface area contributed by atoms with E-state index in [1.54, 1.807) is 44.3 Å². The van der Waals surface area contributed by atoms with Gasteiger partial charge in [0, 0.05) is 7.05 Å². The highest BCUT2D eigenvalue weighted by atomic mass is 127. The van der Waals surface area contributed by atoms with Crippen LogP contribution in [0, 0.1) is 15.9 Å². The number of aliphatic imine (C=N–C) groups is 1. The van der Waals surface area contributed by atoms with Crippen LogP contribution < -0.4 is 9.47 Å². The summed E-state index contributed by atoms with van der Waals surface area (Å²) in [6.07, 6.45) is 7.11. The predicted molar refractivity (Wildman–Crippen MR) is 142 cm³/mol. The van der Waals surface area contributed by atoms with Crippen LogP contribution >= 0.6 is 34.4 Å². The van der Waals surface area contributed by atoms with Crippen molar-refractivity contribution in [3.8, 4) is 23.8 Å². The van der Waals surface area contributed by atoms with Gasteiger partial charge in [-0.1, -0.05) is 5.92 Å². The van der Waals surface area contributed by atoms with Crippen molar-refractivity contribution in [2.75, 3.05) is 26.9 Å². The average Bonchev–Trinajstić information content (AvgIpc) is 3.07. The van der Waals surface area contributed by atoms with Crippen LogP contribution in [0.3, 0.4) is 0 Å². The first-order valence-corrected chi connectivity index (χ1v) is 12.3. The van der Waals surface area contributed by atoms with Gasteiger partial charge in [-0.3, -0.25) is 9.69 Å². The summed E-state index contributed by atoms with van der Waals surface area (Å²) < 4.78 is 17.2. The summed E-state index contributed by atoms with van der Waals surface area (Å²) in [5, 5.41) is 0.536. The highest BCUT2D eigenvalue weighted by Gasteiger charge is 2.30. The monoisotopic (exact) mass is 590 g/mol. The number of amides is 1. The number of carbonyl (C=O) groups excluding carboxylic acids is 2. The molecule has 0 saturated carbocycles. The van der Waals surface area contributed by atoms with Crippen LogP contribution in [0.25, 0.3) is 6.08 Å². The number of ether oxygens (including phenoxy) is 3. The molecule has 0 radical (unpaired) electrons. The Kier molecular flexibility index (Phi) is 9.01. The highest BCUT2D eigenvalue weighted by molar-refractivity contribution is 14.1. The second-order valence-corrected chi connectivity index (χ2v) is 9.06. The molecule has 1 saturated heterocycles. The Labute approximate surface area is 216 Å². The van der Waals surface area contributed by atoms with Crippen molar-refractivity contribution < 1.29 is 23.8 Å². The van der Waals surface area contributed by atoms with E-state index in [9.17, 15) is 9.59 Å². The maximum Gasteiger partial charge on any atom is 0.338 e. The number of likely N-dealkylation sites (N-methyl/N-ethyl adjacent to an activating group) is 1. The summed E-state index contributed by atoms with van der Waals surface area (Å²) in [6, 6.07) is 10.4. The van der Waals surface area contributed by atoms with E-state index in [-0.39, 0.29) is 18.5 Å². The minimum Gasteiger partial charge on any atom is -0.490 e. The molecule has 0 aromatic heterocycles. The Balaban J connectivity index is 1.85. The molecule has 176 valence electrons. The summed E-state index contributed by atoms with van der Waals surface area (Å²) >= 11 is 3.43. The number of carbonyl (C=O) groups is 2. The number of hydrogen-bond donors (Lipinski definition) is 0. The molecular formula is C25H23IN2O5S. The minimum atomic E-state index is -0.383. The zero-order valence-electron chi connectivity index (χ0n) is 19.0. The summed E-state index contributed by atoms with van der Waals surface area (Å²) in [5.41, 5.74) is 1.87. The fourth-order valence-corrected chi connectivity index (χ4v) is 4.76. The summed E-state index contributed by atoms with van der Waals surface area (Å²) in [6.45, 7) is 4.55. The number of thioether (sulfide) groups is 1. The highest BCUT2D eigenvalue weighted by Crippen LogP contribution is 2.37. The van der Waals surface area contributed by atoms with E-state index in [1.807, 2.05) is 19.1 Å². The Hall–Kier alpha value is -2.97. The van der Waals surface area contributed by atoms with Crippen LogP contribution in [0.5, 0.6) is 11.5 Å². The predicted octanol–water partition coefficient (Wildman–Crippen LogP) is 5.11. The lowest BCUT2D eigenvalue weighted by Crippen LogP contribution is -2.23. The molecule has 1 aliphatic rings. The van der Waals surface area contributed by atoms with Gasteiger partial charge in [0.1, 0.15) is 6.61 Å². The van der Waals surface area contributed by atoms with Crippen LogP contribution in [0.2, 0.25) is 0 Å². The lowest BCUT2D eigenvalue weighted by Gasteiger charge is -2.13. The molecule has 1 aliphatic heterocycles. The van der Waals surface area contributed by atoms with Crippen molar-refractivity contribution >= 4 is 63.2 Å². The molecule has 3 rings (SSSR count). The quantitative estimate of drug-likeness (QED) is 0.184. The van der Waals surface area contributed by atoms with Gasteiger partial charge in [0.2, 0.25) is 0 Å². The topological polar surface area (TPSA) is 77.4 Å². The molecule has 1 amide bonds. The third kappa shape index (κ3) is 6.12. The van der Waals surface area contributed by atoms with E-state index in [2.05, 4.69) is 33.5 Å². The molecule has 0 aliphatic carbocycles. The van der Waals surface area contributed by atoms with Gasteiger partial charge < -0.3 is 14.2 Å². The van der Waals surface area contributed by atoms with Gasteiger partial charge in [-0.15, -0.1) is 6.42 Å². The second kappa shape index (κ2) is 11.9. The molecule has 0 atom stereocenters. The second-order valence-electron chi connectivity index (χ2n) is 6.89. The van der Waals surface area contributed by atoms with Gasteiger partial charge in [0.05, 0.1) is 32.9 Å². The maximum absolute atomic E-state index is 12.8. The van der Waals surface area contributed by atoms with Crippen molar-refractivity contribution in [1.82, 2.24) is 4.90 Å². The number of terminal acetylenes is 1. The molecule has 0 bridgehead atoms. The fraction of sp³-hybridized carbons (Fsp3) is 0.240. The van der Waals surface area contributed by atoms with Gasteiger partial charge in [-0.25, -0.2) is 9.79 Å². The molecule has 1 fully saturated rings. The zero-order chi connectivity index (χ0) is 24.7. The normalized spacial score (nSPS) is 15.5. The number of hydrogen-bond acceptors (Lipinski definition) is 7. The van der Waals surface area contributed by atoms with E-state index in [4.69, 9.17) is 20.6 Å². The maximum atomic E-state index is 12.8. The number of rotatable bonds is 8. The molecule has 34 heavy (non-hydrogen) atoms. The number of esters is 1. The smallest absolute Gasteiger partial charge is 0.338 e. The Bertz CT molecular complexity index is 1190. The Morgan fingerprint density at radius 2 is 1.94 bits per heavy atom. The summed E-state index contributed by atoms with van der Waals surface area (Å²) in [4.78, 5) is 31.3. The van der Waals surface area contributed by atoms with Crippen LogP contribution in [0.4, 0.5) is 5.69 Å². The van der Waals surface area contributed by atoms with Crippen molar-refractivity contribution in [2.45, 2.75) is 13.8 Å². The standard InChI is InChI=1S/C25H23IN2O5S/c1-5-12-33-22-19(26)13-16(14-20(22)31-6-2)15-21-23(29)28(4)25(34-21)27-18-10-8-17(9-11-18)24(30)32-7-3/h1,8-11,13-15H,6-7,12H2,2-4H3/b21-15-,27-25?. The van der Waals surface area contributed by atoms with E-state index < -0.39 is 0 Å². The largest absolute Gasteiger partial charge is 0.490 e. The van der Waals surface area contributed by atoms with E-state index in [1.165, 1.54) is 16.7 Å². The third-order valence-corrected chi connectivity index (χ3v) is 6.40. The fourth-order valence-electron chi connectivity index (χ4n) is 2.99. The van der Waals surface area contributed by atoms with Gasteiger partial charge >= 0.3 is 5.97 Å². The van der Waals surface area contributed by atoms with Crippen molar-refractivity contribution in [3.63, 3.8) is 0 Å². The number of nitrogens with zero attached hydrogens (tertiary/aromatic N) is 2. The van der Waals surface area contributed by atoms with Gasteiger partial charge in [0.15, 0.2) is 16.7 Å². The van der Waals surface area contributed by atoms with Gasteiger partial charge in [-0.05, 0) is 96.2 Å². The molecule has 2 aromatic carbocycles. The van der Waals surface area contributed by atoms with Gasteiger partial charge in [0.25, 0.3) is 5.91 Å². The van der Waals surface area contributed by atoms with E-state index >= 15 is 0 Å². The van der Waals surface area contributed by atoms with E-state index in [0.717, 1.165) is 9.13 Å². The number of halogens is 1. The molecule has 1 heterocycles. The average molecular weight is 590 g/mol. The molecular weight excluding hydrogens is 567 g/mol. The lowest BCUT2D eigenvalue weighted by atomic mass is 10.2. The number of benzene rings is 2. The van der Waals surface area contributed by atoms with Crippen molar-refractivity contribution in [3.05, 3.63) is 56.0 Å². The van der Waals surface area contributed by atoms with Gasteiger partial charge in [-0.2, -0.15) is 0 Å². The molecule has 2 aromatic rings. The SMILES string of the molecule is C#CCOc1c(I)cc(/C=C2\SC(=Nc3ccc(C(=O)OCC)cc3)N(C)C2=O)cc1OCC. The van der Waals surface area contributed by atoms with Crippen LogP contribution in [0.15, 0.2) is 46.3 Å². The molecule has 0 N–H and O–H groups in total. The summed E-state index contributed by atoms with van der Waals surface area (Å²) in [5.74, 6) is 3.06. The van der Waals surface area contributed by atoms with Crippen molar-refractivity contribution in [1.29, 1.82) is 0 Å². The molecule has 0 unspecified atom stereocenters. The first-order chi connectivity index (χ1) is 16.4. The number of amidine groups is 1. The molecule has 7 nitrogen and oxygen atoms in total.